The molecular formula is C19H32O3. The minimum Gasteiger partial charge on any atom is -0.493 e. The molecule has 0 aromatic heterocycles. The van der Waals surface area contributed by atoms with Crippen molar-refractivity contribution in [3.05, 3.63) is 28.3 Å². The van der Waals surface area contributed by atoms with Crippen LogP contribution in [0.1, 0.15) is 68.2 Å². The lowest BCUT2D eigenvalue weighted by atomic mass is 9.85. The van der Waals surface area contributed by atoms with E-state index in [1.165, 1.54) is 22.3 Å². The van der Waals surface area contributed by atoms with Gasteiger partial charge in [-0.25, -0.2) is 0 Å². The number of hydrogen-bond donors (Lipinski definition) is 2. The lowest BCUT2D eigenvalue weighted by Crippen LogP contribution is -2.26. The Labute approximate surface area is 135 Å². The third-order valence-corrected chi connectivity index (χ3v) is 4.52. The van der Waals surface area contributed by atoms with Crippen LogP contribution in [0.15, 0.2) is 6.07 Å². The molecule has 0 fully saturated rings. The maximum absolute atomic E-state index is 10.1. The van der Waals surface area contributed by atoms with Crippen LogP contribution in [0, 0.1) is 20.8 Å². The summed E-state index contributed by atoms with van der Waals surface area (Å²) in [6.45, 7) is 13.1. The highest BCUT2D eigenvalue weighted by Gasteiger charge is 2.22. The minimum absolute atomic E-state index is 0.204. The highest BCUT2D eigenvalue weighted by molar-refractivity contribution is 5.49. The number of aliphatic hydroxyl groups excluding tert-OH is 2. The van der Waals surface area contributed by atoms with Crippen molar-refractivity contribution in [2.75, 3.05) is 6.61 Å². The molecule has 0 bridgehead atoms. The van der Waals surface area contributed by atoms with E-state index >= 15 is 0 Å². The Morgan fingerprint density at radius 2 is 1.68 bits per heavy atom. The van der Waals surface area contributed by atoms with Crippen molar-refractivity contribution in [3.8, 4) is 5.75 Å². The summed E-state index contributed by atoms with van der Waals surface area (Å²) < 4.78 is 5.83. The van der Waals surface area contributed by atoms with Gasteiger partial charge in [-0.2, -0.15) is 0 Å². The van der Waals surface area contributed by atoms with Crippen LogP contribution >= 0.6 is 0 Å². The molecule has 0 spiro atoms. The van der Waals surface area contributed by atoms with Crippen LogP contribution in [-0.2, 0) is 0 Å². The van der Waals surface area contributed by atoms with Crippen molar-refractivity contribution in [2.45, 2.75) is 78.9 Å². The first kappa shape index (κ1) is 19.0. The molecule has 0 saturated heterocycles. The van der Waals surface area contributed by atoms with E-state index in [9.17, 15) is 10.2 Å². The monoisotopic (exact) mass is 308 g/mol. The molecule has 0 radical (unpaired) electrons. The second-order valence-corrected chi connectivity index (χ2v) is 6.38. The molecule has 1 aromatic carbocycles. The largest absolute Gasteiger partial charge is 0.493 e. The second-order valence-electron chi connectivity index (χ2n) is 6.38. The molecule has 0 heterocycles. The molecule has 0 aliphatic heterocycles. The zero-order chi connectivity index (χ0) is 16.9. The third kappa shape index (κ3) is 4.47. The van der Waals surface area contributed by atoms with Crippen molar-refractivity contribution >= 4 is 0 Å². The van der Waals surface area contributed by atoms with Crippen molar-refractivity contribution in [2.24, 2.45) is 0 Å². The van der Waals surface area contributed by atoms with E-state index in [4.69, 9.17) is 4.74 Å². The zero-order valence-corrected chi connectivity index (χ0v) is 14.9. The lowest BCUT2D eigenvalue weighted by molar-refractivity contribution is 0.00947. The van der Waals surface area contributed by atoms with Gasteiger partial charge in [0.1, 0.15) is 5.75 Å². The van der Waals surface area contributed by atoms with Crippen molar-refractivity contribution in [1.29, 1.82) is 0 Å². The van der Waals surface area contributed by atoms with Crippen LogP contribution in [0.2, 0.25) is 0 Å². The maximum Gasteiger partial charge on any atom is 0.122 e. The normalized spacial score (nSPS) is 15.5. The zero-order valence-electron chi connectivity index (χ0n) is 14.9. The topological polar surface area (TPSA) is 49.7 Å². The summed E-state index contributed by atoms with van der Waals surface area (Å²) in [5.74, 6) is 1.16. The predicted molar refractivity (Wildman–Crippen MR) is 91.8 cm³/mol. The quantitative estimate of drug-likeness (QED) is 0.762. The molecular weight excluding hydrogens is 276 g/mol. The van der Waals surface area contributed by atoms with Gasteiger partial charge in [0.05, 0.1) is 18.8 Å². The average Bonchev–Trinajstić information content (AvgIpc) is 2.48. The number of hydrogen-bond acceptors (Lipinski definition) is 3. The first-order valence-electron chi connectivity index (χ1n) is 8.42. The van der Waals surface area contributed by atoms with Crippen LogP contribution in [-0.4, -0.2) is 29.0 Å². The Morgan fingerprint density at radius 1 is 1.05 bits per heavy atom. The van der Waals surface area contributed by atoms with E-state index in [-0.39, 0.29) is 5.92 Å². The summed E-state index contributed by atoms with van der Waals surface area (Å²) in [7, 11) is 0. The molecule has 0 aliphatic rings. The summed E-state index contributed by atoms with van der Waals surface area (Å²) >= 11 is 0. The molecule has 3 nitrogen and oxygen atoms in total. The van der Waals surface area contributed by atoms with Gasteiger partial charge in [0.15, 0.2) is 0 Å². The summed E-state index contributed by atoms with van der Waals surface area (Å²) in [6.07, 6.45) is 0.836. The SMILES string of the molecule is CCCOc1cc(C)c(C(C)CC(O)C(O)CC)c(C)c1C. The molecule has 22 heavy (non-hydrogen) atoms. The van der Waals surface area contributed by atoms with Gasteiger partial charge < -0.3 is 14.9 Å². The van der Waals surface area contributed by atoms with Crippen molar-refractivity contribution in [1.82, 2.24) is 0 Å². The van der Waals surface area contributed by atoms with Crippen molar-refractivity contribution < 1.29 is 14.9 Å². The fourth-order valence-corrected chi connectivity index (χ4v) is 3.09. The first-order chi connectivity index (χ1) is 10.3. The lowest BCUT2D eigenvalue weighted by Gasteiger charge is -2.25. The van der Waals surface area contributed by atoms with Gasteiger partial charge in [0.2, 0.25) is 0 Å². The Morgan fingerprint density at radius 3 is 2.23 bits per heavy atom. The molecule has 1 rings (SSSR count). The van der Waals surface area contributed by atoms with Crippen molar-refractivity contribution in [3.63, 3.8) is 0 Å². The number of rotatable bonds is 8. The summed E-state index contributed by atoms with van der Waals surface area (Å²) in [5.41, 5.74) is 4.87. The number of aliphatic hydroxyl groups is 2. The van der Waals surface area contributed by atoms with E-state index in [1.807, 2.05) is 6.92 Å². The van der Waals surface area contributed by atoms with Gasteiger partial charge in [0.25, 0.3) is 0 Å². The van der Waals surface area contributed by atoms with Crippen LogP contribution in [0.4, 0.5) is 0 Å². The molecule has 0 aliphatic carbocycles. The average molecular weight is 308 g/mol. The highest BCUT2D eigenvalue weighted by Crippen LogP contribution is 2.34. The summed E-state index contributed by atoms with van der Waals surface area (Å²) in [6, 6.07) is 2.10. The Balaban J connectivity index is 3.02. The van der Waals surface area contributed by atoms with Gasteiger partial charge in [-0.1, -0.05) is 20.8 Å². The third-order valence-electron chi connectivity index (χ3n) is 4.52. The van der Waals surface area contributed by atoms with E-state index in [0.29, 0.717) is 12.8 Å². The number of ether oxygens (including phenoxy) is 1. The highest BCUT2D eigenvalue weighted by atomic mass is 16.5. The summed E-state index contributed by atoms with van der Waals surface area (Å²) in [4.78, 5) is 0. The Bertz CT molecular complexity index is 482. The van der Waals surface area contributed by atoms with Gasteiger partial charge >= 0.3 is 0 Å². The van der Waals surface area contributed by atoms with E-state index in [2.05, 4.69) is 40.7 Å². The fourth-order valence-electron chi connectivity index (χ4n) is 3.09. The van der Waals surface area contributed by atoms with Crippen LogP contribution < -0.4 is 4.74 Å². The second kappa shape index (κ2) is 8.54. The molecule has 126 valence electrons. The molecule has 3 heteroatoms. The van der Waals surface area contributed by atoms with Crippen LogP contribution in [0.25, 0.3) is 0 Å². The number of benzene rings is 1. The Hall–Kier alpha value is -1.06. The molecule has 2 N–H and O–H groups in total. The smallest absolute Gasteiger partial charge is 0.122 e. The van der Waals surface area contributed by atoms with Crippen LogP contribution in [0.5, 0.6) is 5.75 Å². The van der Waals surface area contributed by atoms with Gasteiger partial charge in [-0.05, 0) is 74.3 Å². The fraction of sp³-hybridized carbons (Fsp3) is 0.684. The number of aryl methyl sites for hydroxylation is 1. The van der Waals surface area contributed by atoms with E-state index in [1.54, 1.807) is 0 Å². The van der Waals surface area contributed by atoms with Gasteiger partial charge in [-0.15, -0.1) is 0 Å². The Kier molecular flexibility index (Phi) is 7.37. The summed E-state index contributed by atoms with van der Waals surface area (Å²) in [5, 5.41) is 19.9. The molecule has 3 unspecified atom stereocenters. The molecule has 3 atom stereocenters. The van der Waals surface area contributed by atoms with Gasteiger partial charge in [-0.3, -0.25) is 0 Å². The molecule has 1 aromatic rings. The minimum atomic E-state index is -0.671. The van der Waals surface area contributed by atoms with E-state index in [0.717, 1.165) is 18.8 Å². The van der Waals surface area contributed by atoms with Crippen LogP contribution in [0.3, 0.4) is 0 Å². The molecule has 0 amide bonds. The van der Waals surface area contributed by atoms with E-state index < -0.39 is 12.2 Å². The molecule has 0 saturated carbocycles. The van der Waals surface area contributed by atoms with Gasteiger partial charge in [0, 0.05) is 0 Å². The standard InChI is InChI=1S/C19H32O3/c1-7-9-22-18-11-13(4)19(15(6)14(18)5)12(3)10-17(21)16(20)8-2/h11-12,16-17,20-21H,7-10H2,1-6H3. The maximum atomic E-state index is 10.1. The predicted octanol–water partition coefficient (Wildman–Crippen LogP) is 4.03. The first-order valence-corrected chi connectivity index (χ1v) is 8.42.